The summed E-state index contributed by atoms with van der Waals surface area (Å²) in [5, 5.41) is 4.03. The molecule has 28 heavy (non-hydrogen) atoms. The van der Waals surface area contributed by atoms with Gasteiger partial charge in [0.15, 0.2) is 0 Å². The molecular weight excluding hydrogens is 395 g/mol. The highest BCUT2D eigenvalue weighted by Crippen LogP contribution is 2.33. The molecule has 0 aliphatic rings. The van der Waals surface area contributed by atoms with Gasteiger partial charge in [-0.3, -0.25) is 9.48 Å². The van der Waals surface area contributed by atoms with Crippen LogP contribution in [0.3, 0.4) is 0 Å². The van der Waals surface area contributed by atoms with Crippen LogP contribution in [0.25, 0.3) is 0 Å². The van der Waals surface area contributed by atoms with E-state index in [0.717, 1.165) is 18.2 Å². The molecule has 6 nitrogen and oxygen atoms in total. The standard InChI is InChI=1S/C18H14F3N3O3S/c19-18(20,21)15-7-1-2-8-16(15)28(26,27)23-17(25)14-6-3-5-13(11-14)12-24-10-4-9-22-24/h1-11H,12H2,(H,23,25). The minimum atomic E-state index is -4.88. The molecule has 0 atom stereocenters. The SMILES string of the molecule is O=C(NS(=O)(=O)c1ccccc1C(F)(F)F)c1cccc(Cn2cccn2)c1. The Bertz CT molecular complexity index is 1090. The molecule has 0 spiro atoms. The third-order valence-corrected chi connectivity index (χ3v) is 5.19. The minimum absolute atomic E-state index is 0.00211. The summed E-state index contributed by atoms with van der Waals surface area (Å²) in [6.07, 6.45) is -1.58. The molecule has 1 aromatic heterocycles. The molecule has 1 N–H and O–H groups in total. The number of nitrogens with one attached hydrogen (secondary N) is 1. The normalized spacial score (nSPS) is 12.0. The summed E-state index contributed by atoms with van der Waals surface area (Å²) in [7, 11) is -4.72. The van der Waals surface area contributed by atoms with Crippen molar-refractivity contribution in [2.75, 3.05) is 0 Å². The topological polar surface area (TPSA) is 81.1 Å². The lowest BCUT2D eigenvalue weighted by molar-refractivity contribution is -0.139. The van der Waals surface area contributed by atoms with Gasteiger partial charge in [-0.15, -0.1) is 0 Å². The van der Waals surface area contributed by atoms with Gasteiger partial charge in [-0.2, -0.15) is 18.3 Å². The van der Waals surface area contributed by atoms with E-state index in [1.165, 1.54) is 12.1 Å². The van der Waals surface area contributed by atoms with Crippen LogP contribution in [-0.2, 0) is 22.7 Å². The maximum Gasteiger partial charge on any atom is 0.417 e. The van der Waals surface area contributed by atoms with Crippen LogP contribution in [0.15, 0.2) is 71.9 Å². The minimum Gasteiger partial charge on any atom is -0.268 e. The van der Waals surface area contributed by atoms with Crippen LogP contribution in [0.5, 0.6) is 0 Å². The van der Waals surface area contributed by atoms with E-state index in [2.05, 4.69) is 5.10 Å². The van der Waals surface area contributed by atoms with Gasteiger partial charge in [0, 0.05) is 18.0 Å². The van der Waals surface area contributed by atoms with Crippen LogP contribution in [0, 0.1) is 0 Å². The van der Waals surface area contributed by atoms with Crippen molar-refractivity contribution in [1.82, 2.24) is 14.5 Å². The highest BCUT2D eigenvalue weighted by Gasteiger charge is 2.37. The van der Waals surface area contributed by atoms with Crippen molar-refractivity contribution in [2.45, 2.75) is 17.6 Å². The first kappa shape index (κ1) is 19.6. The number of carbonyl (C=O) groups excluding carboxylic acids is 1. The molecule has 1 heterocycles. The number of benzene rings is 2. The van der Waals surface area contributed by atoms with Crippen molar-refractivity contribution in [3.63, 3.8) is 0 Å². The monoisotopic (exact) mass is 409 g/mol. The predicted octanol–water partition coefficient (Wildman–Crippen LogP) is 3.07. The molecule has 0 aliphatic carbocycles. The first-order valence-corrected chi connectivity index (χ1v) is 9.45. The molecular formula is C18H14F3N3O3S. The lowest BCUT2D eigenvalue weighted by atomic mass is 10.1. The Morgan fingerprint density at radius 1 is 1.07 bits per heavy atom. The predicted molar refractivity (Wildman–Crippen MR) is 93.9 cm³/mol. The van der Waals surface area contributed by atoms with Crippen LogP contribution in [0.1, 0.15) is 21.5 Å². The van der Waals surface area contributed by atoms with Gasteiger partial charge in [-0.1, -0.05) is 24.3 Å². The molecule has 2 aromatic carbocycles. The van der Waals surface area contributed by atoms with E-state index < -0.39 is 32.6 Å². The number of halogens is 3. The second-order valence-corrected chi connectivity index (χ2v) is 7.48. The van der Waals surface area contributed by atoms with Gasteiger partial charge in [-0.25, -0.2) is 13.1 Å². The number of aromatic nitrogens is 2. The summed E-state index contributed by atoms with van der Waals surface area (Å²) in [5.74, 6) is -1.03. The highest BCUT2D eigenvalue weighted by atomic mass is 32.2. The molecule has 10 heteroatoms. The number of carbonyl (C=O) groups is 1. The zero-order valence-electron chi connectivity index (χ0n) is 14.2. The Morgan fingerprint density at radius 3 is 2.50 bits per heavy atom. The fourth-order valence-electron chi connectivity index (χ4n) is 2.56. The third kappa shape index (κ3) is 4.39. The van der Waals surface area contributed by atoms with Crippen LogP contribution in [-0.4, -0.2) is 24.1 Å². The fraction of sp³-hybridized carbons (Fsp3) is 0.111. The van der Waals surface area contributed by atoms with Gasteiger partial charge < -0.3 is 0 Å². The molecule has 0 unspecified atom stereocenters. The summed E-state index contributed by atoms with van der Waals surface area (Å²) in [5.41, 5.74) is -0.676. The summed E-state index contributed by atoms with van der Waals surface area (Å²) in [4.78, 5) is 11.3. The van der Waals surface area contributed by atoms with Gasteiger partial charge in [0.25, 0.3) is 15.9 Å². The van der Waals surface area contributed by atoms with E-state index in [1.807, 2.05) is 0 Å². The van der Waals surface area contributed by atoms with E-state index >= 15 is 0 Å². The number of amides is 1. The number of nitrogens with zero attached hydrogens (tertiary/aromatic N) is 2. The van der Waals surface area contributed by atoms with Crippen molar-refractivity contribution < 1.29 is 26.4 Å². The van der Waals surface area contributed by atoms with Crippen LogP contribution >= 0.6 is 0 Å². The Morgan fingerprint density at radius 2 is 1.82 bits per heavy atom. The van der Waals surface area contributed by atoms with Crippen LogP contribution < -0.4 is 4.72 Å². The zero-order chi connectivity index (χ0) is 20.4. The van der Waals surface area contributed by atoms with Crippen LogP contribution in [0.2, 0.25) is 0 Å². The lowest BCUT2D eigenvalue weighted by Gasteiger charge is -2.14. The number of sulfonamides is 1. The van der Waals surface area contributed by atoms with Crippen molar-refractivity contribution in [1.29, 1.82) is 0 Å². The molecule has 1 amide bonds. The molecule has 146 valence electrons. The summed E-state index contributed by atoms with van der Waals surface area (Å²) in [6.45, 7) is 0.345. The first-order valence-electron chi connectivity index (χ1n) is 7.96. The van der Waals surface area contributed by atoms with Crippen molar-refractivity contribution >= 4 is 15.9 Å². The largest absolute Gasteiger partial charge is 0.417 e. The second kappa shape index (κ2) is 7.47. The average molecular weight is 409 g/mol. The van der Waals surface area contributed by atoms with Gasteiger partial charge in [0.1, 0.15) is 0 Å². The van der Waals surface area contributed by atoms with Gasteiger partial charge >= 0.3 is 6.18 Å². The highest BCUT2D eigenvalue weighted by molar-refractivity contribution is 7.90. The van der Waals surface area contributed by atoms with Crippen molar-refractivity contribution in [3.05, 3.63) is 83.7 Å². The van der Waals surface area contributed by atoms with E-state index in [4.69, 9.17) is 0 Å². The number of hydrogen-bond donors (Lipinski definition) is 1. The van der Waals surface area contributed by atoms with Gasteiger partial charge in [-0.05, 0) is 35.9 Å². The van der Waals surface area contributed by atoms with E-state index in [1.54, 1.807) is 40.0 Å². The fourth-order valence-corrected chi connectivity index (χ4v) is 3.77. The van der Waals surface area contributed by atoms with E-state index in [-0.39, 0.29) is 5.56 Å². The average Bonchev–Trinajstić information content (AvgIpc) is 3.14. The quantitative estimate of drug-likeness (QED) is 0.702. The molecule has 0 saturated heterocycles. The van der Waals surface area contributed by atoms with Gasteiger partial charge in [0.05, 0.1) is 17.0 Å². The molecule has 0 bridgehead atoms. The summed E-state index contributed by atoms with van der Waals surface area (Å²) in [6, 6.07) is 11.5. The number of rotatable bonds is 5. The second-order valence-electron chi connectivity index (χ2n) is 5.83. The number of hydrogen-bond acceptors (Lipinski definition) is 4. The molecule has 0 saturated carbocycles. The number of alkyl halides is 3. The molecule has 3 aromatic rings. The first-order chi connectivity index (χ1) is 13.2. The Kier molecular flexibility index (Phi) is 5.23. The van der Waals surface area contributed by atoms with E-state index in [9.17, 15) is 26.4 Å². The molecule has 3 rings (SSSR count). The molecule has 0 radical (unpaired) electrons. The summed E-state index contributed by atoms with van der Waals surface area (Å²) >= 11 is 0. The van der Waals surface area contributed by atoms with Crippen molar-refractivity contribution in [2.24, 2.45) is 0 Å². The van der Waals surface area contributed by atoms with Crippen molar-refractivity contribution in [3.8, 4) is 0 Å². The third-order valence-electron chi connectivity index (χ3n) is 3.80. The van der Waals surface area contributed by atoms with E-state index in [0.29, 0.717) is 18.2 Å². The smallest absolute Gasteiger partial charge is 0.268 e. The maximum atomic E-state index is 13.1. The van der Waals surface area contributed by atoms with Gasteiger partial charge in [0.2, 0.25) is 0 Å². The molecule has 0 fully saturated rings. The summed E-state index contributed by atoms with van der Waals surface area (Å²) < 4.78 is 67.3. The maximum absolute atomic E-state index is 13.1. The van der Waals surface area contributed by atoms with Crippen LogP contribution in [0.4, 0.5) is 13.2 Å². The Balaban J connectivity index is 1.85. The molecule has 0 aliphatic heterocycles. The Labute approximate surface area is 158 Å². The zero-order valence-corrected chi connectivity index (χ0v) is 15.0. The Hall–Kier alpha value is -3.14. The lowest BCUT2D eigenvalue weighted by Crippen LogP contribution is -2.32.